The van der Waals surface area contributed by atoms with Gasteiger partial charge in [-0.25, -0.2) is 4.68 Å². The van der Waals surface area contributed by atoms with Crippen molar-refractivity contribution < 1.29 is 0 Å². The highest BCUT2D eigenvalue weighted by atomic mass is 32.1. The molecule has 0 saturated carbocycles. The third-order valence-electron chi connectivity index (χ3n) is 1.57. The van der Waals surface area contributed by atoms with Crippen LogP contribution in [-0.4, -0.2) is 9.78 Å². The van der Waals surface area contributed by atoms with E-state index in [0.717, 1.165) is 10.2 Å². The van der Waals surface area contributed by atoms with Gasteiger partial charge in [0.1, 0.15) is 4.64 Å². The van der Waals surface area contributed by atoms with E-state index in [0.29, 0.717) is 0 Å². The van der Waals surface area contributed by atoms with Crippen molar-refractivity contribution in [2.24, 2.45) is 0 Å². The standard InChI is InChI=1S/C9H14N2S/c1-7-5-8(12)11(10-6-7)9(2,3)4/h5-6H,1-4H3. The minimum absolute atomic E-state index is 0.0230. The average Bonchev–Trinajstić information content (AvgIpc) is 1.83. The first kappa shape index (κ1) is 9.39. The molecular formula is C9H14N2S. The summed E-state index contributed by atoms with van der Waals surface area (Å²) in [6, 6.07) is 1.97. The number of aryl methyl sites for hydroxylation is 1. The summed E-state index contributed by atoms with van der Waals surface area (Å²) < 4.78 is 2.65. The van der Waals surface area contributed by atoms with Gasteiger partial charge in [-0.3, -0.25) is 0 Å². The molecule has 0 aliphatic carbocycles. The number of hydrogen-bond donors (Lipinski definition) is 0. The summed E-state index contributed by atoms with van der Waals surface area (Å²) in [6.07, 6.45) is 1.83. The maximum absolute atomic E-state index is 5.19. The topological polar surface area (TPSA) is 17.8 Å². The molecule has 66 valence electrons. The van der Waals surface area contributed by atoms with E-state index in [-0.39, 0.29) is 5.54 Å². The SMILES string of the molecule is Cc1cnn(C(C)(C)C)c(=S)c1. The molecule has 12 heavy (non-hydrogen) atoms. The molecule has 0 atom stereocenters. The van der Waals surface area contributed by atoms with Gasteiger partial charge in [-0.05, 0) is 39.3 Å². The molecule has 0 amide bonds. The third kappa shape index (κ3) is 1.91. The monoisotopic (exact) mass is 182 g/mol. The van der Waals surface area contributed by atoms with E-state index in [9.17, 15) is 0 Å². The van der Waals surface area contributed by atoms with Gasteiger partial charge >= 0.3 is 0 Å². The van der Waals surface area contributed by atoms with Crippen molar-refractivity contribution in [3.63, 3.8) is 0 Å². The van der Waals surface area contributed by atoms with Crippen molar-refractivity contribution in [3.8, 4) is 0 Å². The molecule has 0 N–H and O–H groups in total. The van der Waals surface area contributed by atoms with Crippen LogP contribution in [0.5, 0.6) is 0 Å². The summed E-state index contributed by atoms with van der Waals surface area (Å²) in [7, 11) is 0. The van der Waals surface area contributed by atoms with Gasteiger partial charge in [0.15, 0.2) is 0 Å². The highest BCUT2D eigenvalue weighted by Crippen LogP contribution is 2.12. The van der Waals surface area contributed by atoms with Gasteiger partial charge in [0, 0.05) is 0 Å². The number of hydrogen-bond acceptors (Lipinski definition) is 2. The van der Waals surface area contributed by atoms with Crippen molar-refractivity contribution >= 4 is 12.2 Å². The summed E-state index contributed by atoms with van der Waals surface area (Å²) in [5.41, 5.74) is 1.09. The number of nitrogens with zero attached hydrogens (tertiary/aromatic N) is 2. The van der Waals surface area contributed by atoms with Gasteiger partial charge in [-0.15, -0.1) is 0 Å². The van der Waals surface area contributed by atoms with Crippen LogP contribution in [0.15, 0.2) is 12.3 Å². The molecule has 0 spiro atoms. The van der Waals surface area contributed by atoms with E-state index in [1.807, 2.05) is 23.9 Å². The second kappa shape index (κ2) is 2.98. The summed E-state index contributed by atoms with van der Waals surface area (Å²) >= 11 is 5.19. The van der Waals surface area contributed by atoms with Gasteiger partial charge in [-0.1, -0.05) is 12.2 Å². The third-order valence-corrected chi connectivity index (χ3v) is 1.86. The summed E-state index contributed by atoms with van der Waals surface area (Å²) in [4.78, 5) is 0. The fourth-order valence-electron chi connectivity index (χ4n) is 1.00. The van der Waals surface area contributed by atoms with Crippen LogP contribution >= 0.6 is 12.2 Å². The molecule has 0 fully saturated rings. The van der Waals surface area contributed by atoms with Crippen LogP contribution in [0, 0.1) is 11.6 Å². The molecule has 0 aromatic carbocycles. The number of aromatic nitrogens is 2. The highest BCUT2D eigenvalue weighted by Gasteiger charge is 2.13. The van der Waals surface area contributed by atoms with Gasteiger partial charge in [0.25, 0.3) is 0 Å². The zero-order valence-electron chi connectivity index (χ0n) is 7.96. The molecule has 1 rings (SSSR count). The molecule has 0 bridgehead atoms. The lowest BCUT2D eigenvalue weighted by Crippen LogP contribution is -2.25. The first-order valence-electron chi connectivity index (χ1n) is 3.98. The first-order chi connectivity index (χ1) is 5.41. The van der Waals surface area contributed by atoms with Crippen molar-refractivity contribution in [1.82, 2.24) is 9.78 Å². The molecule has 0 aliphatic heterocycles. The van der Waals surface area contributed by atoms with Crippen molar-refractivity contribution in [3.05, 3.63) is 22.5 Å². The normalized spacial score (nSPS) is 11.7. The van der Waals surface area contributed by atoms with Gasteiger partial charge in [0.2, 0.25) is 0 Å². The molecule has 0 saturated heterocycles. The first-order valence-corrected chi connectivity index (χ1v) is 4.38. The summed E-state index contributed by atoms with van der Waals surface area (Å²) in [5, 5.41) is 4.26. The van der Waals surface area contributed by atoms with Gasteiger partial charge < -0.3 is 0 Å². The Labute approximate surface area is 78.2 Å². The fraction of sp³-hybridized carbons (Fsp3) is 0.556. The zero-order chi connectivity index (χ0) is 9.35. The number of rotatable bonds is 0. The van der Waals surface area contributed by atoms with Crippen LogP contribution in [-0.2, 0) is 5.54 Å². The highest BCUT2D eigenvalue weighted by molar-refractivity contribution is 7.71. The maximum atomic E-state index is 5.19. The minimum Gasteiger partial charge on any atom is -0.249 e. The van der Waals surface area contributed by atoms with Crippen LogP contribution in [0.25, 0.3) is 0 Å². The second-order valence-electron chi connectivity index (χ2n) is 3.95. The van der Waals surface area contributed by atoms with Crippen molar-refractivity contribution in [2.75, 3.05) is 0 Å². The van der Waals surface area contributed by atoms with Crippen molar-refractivity contribution in [2.45, 2.75) is 33.2 Å². The summed E-state index contributed by atoms with van der Waals surface area (Å²) in [5.74, 6) is 0. The van der Waals surface area contributed by atoms with E-state index in [1.165, 1.54) is 0 Å². The molecule has 0 radical (unpaired) electrons. The summed E-state index contributed by atoms with van der Waals surface area (Å²) in [6.45, 7) is 8.26. The molecular weight excluding hydrogens is 168 g/mol. The van der Waals surface area contributed by atoms with Crippen LogP contribution < -0.4 is 0 Å². The molecule has 0 aliphatic rings. The van der Waals surface area contributed by atoms with Crippen LogP contribution in [0.2, 0.25) is 0 Å². The Hall–Kier alpha value is -0.700. The predicted molar refractivity (Wildman–Crippen MR) is 52.8 cm³/mol. The van der Waals surface area contributed by atoms with E-state index in [2.05, 4.69) is 25.9 Å². The van der Waals surface area contributed by atoms with E-state index < -0.39 is 0 Å². The molecule has 0 unspecified atom stereocenters. The maximum Gasteiger partial charge on any atom is 0.123 e. The van der Waals surface area contributed by atoms with Gasteiger partial charge in [0.05, 0.1) is 11.7 Å². The molecule has 1 heterocycles. The van der Waals surface area contributed by atoms with Crippen LogP contribution in [0.3, 0.4) is 0 Å². The Bertz CT molecular complexity index is 333. The Morgan fingerprint density at radius 1 is 1.42 bits per heavy atom. The second-order valence-corrected chi connectivity index (χ2v) is 4.37. The van der Waals surface area contributed by atoms with E-state index >= 15 is 0 Å². The molecule has 2 nitrogen and oxygen atoms in total. The quantitative estimate of drug-likeness (QED) is 0.574. The minimum atomic E-state index is -0.0230. The van der Waals surface area contributed by atoms with Gasteiger partial charge in [-0.2, -0.15) is 5.10 Å². The van der Waals surface area contributed by atoms with Crippen LogP contribution in [0.1, 0.15) is 26.3 Å². The van der Waals surface area contributed by atoms with E-state index in [1.54, 1.807) is 0 Å². The lowest BCUT2D eigenvalue weighted by atomic mass is 10.1. The van der Waals surface area contributed by atoms with Crippen molar-refractivity contribution in [1.29, 1.82) is 0 Å². The fourth-order valence-corrected chi connectivity index (χ4v) is 1.51. The zero-order valence-corrected chi connectivity index (χ0v) is 8.77. The Morgan fingerprint density at radius 3 is 2.42 bits per heavy atom. The largest absolute Gasteiger partial charge is 0.249 e. The Morgan fingerprint density at radius 2 is 2.00 bits per heavy atom. The lowest BCUT2D eigenvalue weighted by molar-refractivity contribution is 0.344. The predicted octanol–water partition coefficient (Wildman–Crippen LogP) is 2.68. The average molecular weight is 182 g/mol. The van der Waals surface area contributed by atoms with Crippen LogP contribution in [0.4, 0.5) is 0 Å². The van der Waals surface area contributed by atoms with E-state index in [4.69, 9.17) is 12.2 Å². The Balaban J connectivity index is 3.29. The molecule has 1 aromatic rings. The smallest absolute Gasteiger partial charge is 0.123 e. The lowest BCUT2D eigenvalue weighted by Gasteiger charge is -2.21. The molecule has 3 heteroatoms. The Kier molecular flexibility index (Phi) is 2.33. The molecule has 1 aromatic heterocycles.